The first-order chi connectivity index (χ1) is 11.9. The van der Waals surface area contributed by atoms with Crippen molar-refractivity contribution in [1.29, 1.82) is 0 Å². The summed E-state index contributed by atoms with van der Waals surface area (Å²) in [7, 11) is -1.45. The second-order valence-corrected chi connectivity index (χ2v) is 7.25. The molecule has 154 valence electrons. The van der Waals surface area contributed by atoms with Crippen LogP contribution in [0.4, 0.5) is 0 Å². The van der Waals surface area contributed by atoms with E-state index in [2.05, 4.69) is 16.4 Å². The summed E-state index contributed by atoms with van der Waals surface area (Å²) in [4.78, 5) is 0. The molecule has 0 aliphatic carbocycles. The zero-order valence-corrected chi connectivity index (χ0v) is 17.0. The molecule has 0 spiro atoms. The first kappa shape index (κ1) is 27.0. The normalized spacial score (nSPS) is 12.5. The summed E-state index contributed by atoms with van der Waals surface area (Å²) >= 11 is 0. The Morgan fingerprint density at radius 3 is 1.80 bits per heavy atom. The summed E-state index contributed by atoms with van der Waals surface area (Å²) in [5, 5.41) is 12.4. The van der Waals surface area contributed by atoms with Crippen LogP contribution in [0.3, 0.4) is 0 Å². The maximum atomic E-state index is 9.42. The topological polar surface area (TPSA) is 105 Å². The fraction of sp³-hybridized carbons (Fsp3) is 1.00. The first-order valence-corrected chi connectivity index (χ1v) is 10.7. The van der Waals surface area contributed by atoms with E-state index in [9.17, 15) is 13.5 Å². The van der Waals surface area contributed by atoms with Gasteiger partial charge in [0.05, 0.1) is 19.8 Å². The summed E-state index contributed by atoms with van der Waals surface area (Å²) in [6.07, 6.45) is 13.1. The van der Waals surface area contributed by atoms with Crippen LogP contribution in [-0.4, -0.2) is 58.1 Å². The molecule has 1 unspecified atom stereocenters. The monoisotopic (exact) mass is 385 g/mol. The van der Waals surface area contributed by atoms with E-state index in [4.69, 9.17) is 9.29 Å². The molecule has 25 heavy (non-hydrogen) atoms. The second-order valence-electron chi connectivity index (χ2n) is 6.06. The van der Waals surface area contributed by atoms with Crippen molar-refractivity contribution < 1.29 is 27.0 Å². The summed E-state index contributed by atoms with van der Waals surface area (Å²) in [6.45, 7) is 4.12. The van der Waals surface area contributed by atoms with Crippen molar-refractivity contribution in [3.8, 4) is 0 Å². The molecule has 0 aliphatic heterocycles. The fourth-order valence-electron chi connectivity index (χ4n) is 2.21. The van der Waals surface area contributed by atoms with Crippen LogP contribution in [0.25, 0.3) is 0 Å². The lowest BCUT2D eigenvalue weighted by Gasteiger charge is -2.10. The smallest absolute Gasteiger partial charge is 0.389 e. The minimum Gasteiger partial charge on any atom is -0.389 e. The molecule has 0 aromatic carbocycles. The van der Waals surface area contributed by atoms with Gasteiger partial charge in [0.15, 0.2) is 0 Å². The summed E-state index contributed by atoms with van der Waals surface area (Å²) in [5.74, 6) is 0. The number of unbranched alkanes of at least 4 members (excludes halogenated alkanes) is 9. The van der Waals surface area contributed by atoms with Crippen LogP contribution in [0.5, 0.6) is 0 Å². The highest BCUT2D eigenvalue weighted by molar-refractivity contribution is 7.80. The lowest BCUT2D eigenvalue weighted by Crippen LogP contribution is -2.28. The van der Waals surface area contributed by atoms with Gasteiger partial charge in [-0.15, -0.1) is 0 Å². The Hall–Kier alpha value is -0.250. The zero-order chi connectivity index (χ0) is 19.4. The van der Waals surface area contributed by atoms with Crippen molar-refractivity contribution in [3.63, 3.8) is 0 Å². The SMILES string of the molecule is CCCCCCCCCCCCOCC(O)CNC.COS(=O)(=O)O. The maximum Gasteiger partial charge on any atom is 0.397 e. The Morgan fingerprint density at radius 1 is 0.960 bits per heavy atom. The molecule has 0 saturated carbocycles. The molecule has 0 radical (unpaired) electrons. The molecule has 0 rings (SSSR count). The van der Waals surface area contributed by atoms with Gasteiger partial charge >= 0.3 is 10.4 Å². The molecule has 1 atom stereocenters. The lowest BCUT2D eigenvalue weighted by atomic mass is 10.1. The summed E-state index contributed by atoms with van der Waals surface area (Å²) in [5.41, 5.74) is 0. The summed E-state index contributed by atoms with van der Waals surface area (Å²) < 4.78 is 35.1. The molecule has 0 saturated heterocycles. The van der Waals surface area contributed by atoms with Crippen LogP contribution < -0.4 is 5.32 Å². The number of nitrogens with one attached hydrogen (secondary N) is 1. The number of aliphatic hydroxyl groups excluding tert-OH is 1. The zero-order valence-electron chi connectivity index (χ0n) is 16.2. The van der Waals surface area contributed by atoms with Gasteiger partial charge < -0.3 is 15.2 Å². The average molecular weight is 386 g/mol. The van der Waals surface area contributed by atoms with Crippen molar-refractivity contribution in [3.05, 3.63) is 0 Å². The minimum absolute atomic E-state index is 0.367. The van der Waals surface area contributed by atoms with Crippen molar-refractivity contribution in [2.24, 2.45) is 0 Å². The largest absolute Gasteiger partial charge is 0.397 e. The van der Waals surface area contributed by atoms with Gasteiger partial charge in [-0.2, -0.15) is 8.42 Å². The molecule has 7 nitrogen and oxygen atoms in total. The van der Waals surface area contributed by atoms with E-state index in [0.717, 1.165) is 20.1 Å². The van der Waals surface area contributed by atoms with Crippen molar-refractivity contribution in [2.45, 2.75) is 77.2 Å². The Kier molecular flexibility index (Phi) is 21.7. The third-order valence-corrected chi connectivity index (χ3v) is 4.02. The second kappa shape index (κ2) is 20.1. The highest BCUT2D eigenvalue weighted by Crippen LogP contribution is 2.10. The molecule has 0 bridgehead atoms. The fourth-order valence-corrected chi connectivity index (χ4v) is 2.21. The minimum atomic E-state index is -4.16. The lowest BCUT2D eigenvalue weighted by molar-refractivity contribution is 0.0363. The Bertz CT molecular complexity index is 351. The number of hydrogen-bond donors (Lipinski definition) is 3. The predicted molar refractivity (Wildman–Crippen MR) is 101 cm³/mol. The van der Waals surface area contributed by atoms with Gasteiger partial charge in [0.1, 0.15) is 0 Å². The third-order valence-electron chi connectivity index (χ3n) is 3.60. The van der Waals surface area contributed by atoms with Crippen LogP contribution in [0.15, 0.2) is 0 Å². The van der Waals surface area contributed by atoms with E-state index in [0.29, 0.717) is 13.2 Å². The highest BCUT2D eigenvalue weighted by atomic mass is 32.3. The van der Waals surface area contributed by atoms with Gasteiger partial charge in [0, 0.05) is 13.2 Å². The first-order valence-electron chi connectivity index (χ1n) is 9.30. The van der Waals surface area contributed by atoms with Gasteiger partial charge in [-0.25, -0.2) is 0 Å². The van der Waals surface area contributed by atoms with Gasteiger partial charge in [0.2, 0.25) is 0 Å². The molecular formula is C17H39NO6S. The van der Waals surface area contributed by atoms with Gasteiger partial charge in [-0.05, 0) is 13.5 Å². The number of aliphatic hydroxyl groups is 1. The molecule has 0 aromatic rings. The molecule has 8 heteroatoms. The quantitative estimate of drug-likeness (QED) is 0.277. The number of rotatable bonds is 16. The molecule has 3 N–H and O–H groups in total. The van der Waals surface area contributed by atoms with Crippen molar-refractivity contribution >= 4 is 10.4 Å². The molecule has 0 aromatic heterocycles. The molecule has 0 fully saturated rings. The van der Waals surface area contributed by atoms with E-state index >= 15 is 0 Å². The van der Waals surface area contributed by atoms with Crippen LogP contribution in [0.1, 0.15) is 71.1 Å². The molecule has 0 heterocycles. The van der Waals surface area contributed by atoms with E-state index < -0.39 is 10.4 Å². The number of hydrogen-bond acceptors (Lipinski definition) is 6. The van der Waals surface area contributed by atoms with Crippen molar-refractivity contribution in [1.82, 2.24) is 5.32 Å². The molecular weight excluding hydrogens is 346 g/mol. The van der Waals surface area contributed by atoms with E-state index in [-0.39, 0.29) is 6.10 Å². The van der Waals surface area contributed by atoms with E-state index in [1.807, 2.05) is 7.05 Å². The van der Waals surface area contributed by atoms with Gasteiger partial charge in [-0.3, -0.25) is 8.74 Å². The van der Waals surface area contributed by atoms with E-state index in [1.165, 1.54) is 57.8 Å². The Labute approximate surface area is 154 Å². The predicted octanol–water partition coefficient (Wildman–Crippen LogP) is 2.94. The van der Waals surface area contributed by atoms with Crippen LogP contribution in [-0.2, 0) is 19.3 Å². The molecule has 0 aliphatic rings. The van der Waals surface area contributed by atoms with Crippen LogP contribution in [0.2, 0.25) is 0 Å². The third kappa shape index (κ3) is 28.8. The van der Waals surface area contributed by atoms with Crippen molar-refractivity contribution in [2.75, 3.05) is 33.9 Å². The standard InChI is InChI=1S/C16H35NO2.CH4O4S/c1-3-4-5-6-7-8-9-10-11-12-13-19-15-16(18)14-17-2;1-5-6(2,3)4/h16-18H,3-15H2,1-2H3;1H3,(H,2,3,4). The van der Waals surface area contributed by atoms with Gasteiger partial charge in [-0.1, -0.05) is 64.7 Å². The van der Waals surface area contributed by atoms with Crippen LogP contribution in [0, 0.1) is 0 Å². The van der Waals surface area contributed by atoms with Gasteiger partial charge in [0.25, 0.3) is 0 Å². The number of ether oxygens (including phenoxy) is 1. The Balaban J connectivity index is 0. The maximum absolute atomic E-state index is 9.42. The highest BCUT2D eigenvalue weighted by Gasteiger charge is 2.01. The van der Waals surface area contributed by atoms with E-state index in [1.54, 1.807) is 0 Å². The summed E-state index contributed by atoms with van der Waals surface area (Å²) in [6, 6.07) is 0. The Morgan fingerprint density at radius 2 is 1.40 bits per heavy atom. The van der Waals surface area contributed by atoms with Crippen LogP contribution >= 0.6 is 0 Å². The average Bonchev–Trinajstić information content (AvgIpc) is 2.56. The number of likely N-dealkylation sites (N-methyl/N-ethyl adjacent to an activating group) is 1. The molecule has 0 amide bonds.